The summed E-state index contributed by atoms with van der Waals surface area (Å²) in [4.78, 5) is 62.1. The Labute approximate surface area is 187 Å². The summed E-state index contributed by atoms with van der Waals surface area (Å²) >= 11 is 0. The molecule has 2 aromatic carbocycles. The second-order valence-corrected chi connectivity index (χ2v) is 6.92. The Hall–Kier alpha value is -4.59. The number of imide groups is 1. The van der Waals surface area contributed by atoms with E-state index in [1.807, 2.05) is 6.07 Å². The number of nitro benzene ring substituents is 1. The van der Waals surface area contributed by atoms with E-state index in [4.69, 9.17) is 10.00 Å². The lowest BCUT2D eigenvalue weighted by Crippen LogP contribution is -2.36. The molecule has 0 aromatic heterocycles. The van der Waals surface area contributed by atoms with Crippen LogP contribution in [0.5, 0.6) is 0 Å². The summed E-state index contributed by atoms with van der Waals surface area (Å²) in [6.45, 7) is -0.829. The molecule has 0 saturated carbocycles. The smallest absolute Gasteiger partial charge is 0.308 e. The lowest BCUT2D eigenvalue weighted by molar-refractivity contribution is -0.385. The molecule has 0 saturated heterocycles. The van der Waals surface area contributed by atoms with Gasteiger partial charge in [0.25, 0.3) is 23.4 Å². The van der Waals surface area contributed by atoms with Gasteiger partial charge in [-0.25, -0.2) is 0 Å². The molecule has 3 amide bonds. The topological polar surface area (TPSA) is 151 Å². The van der Waals surface area contributed by atoms with Crippen molar-refractivity contribution < 1.29 is 28.8 Å². The molecule has 0 aliphatic carbocycles. The van der Waals surface area contributed by atoms with Crippen LogP contribution in [-0.4, -0.2) is 53.2 Å². The third-order valence-corrected chi connectivity index (χ3v) is 4.89. The van der Waals surface area contributed by atoms with Gasteiger partial charge in [0.05, 0.1) is 29.4 Å². The first-order chi connectivity index (χ1) is 15.8. The van der Waals surface area contributed by atoms with Crippen molar-refractivity contribution in [1.82, 2.24) is 4.90 Å². The summed E-state index contributed by atoms with van der Waals surface area (Å²) in [7, 11) is 0. The van der Waals surface area contributed by atoms with Crippen LogP contribution in [0.3, 0.4) is 0 Å². The number of anilines is 1. The SMILES string of the molecule is N#CCCN(C(=O)COC(=O)CCN1C(=O)c2cccc([N+](=O)[O-])c2C1=O)c1ccccc1. The first kappa shape index (κ1) is 23.1. The number of nitrogens with zero attached hydrogens (tertiary/aromatic N) is 4. The molecule has 0 N–H and O–H groups in total. The molecular weight excluding hydrogens is 432 g/mol. The van der Waals surface area contributed by atoms with E-state index in [9.17, 15) is 29.3 Å². The highest BCUT2D eigenvalue weighted by atomic mass is 16.6. The fourth-order valence-corrected chi connectivity index (χ4v) is 3.33. The molecule has 0 bridgehead atoms. The van der Waals surface area contributed by atoms with Crippen LogP contribution in [0.15, 0.2) is 48.5 Å². The fourth-order valence-electron chi connectivity index (χ4n) is 3.33. The molecule has 11 nitrogen and oxygen atoms in total. The summed E-state index contributed by atoms with van der Waals surface area (Å²) in [5.74, 6) is -2.98. The standard InChI is InChI=1S/C22H18N4O7/c23-11-5-12-24(15-6-2-1-3-7-15)18(27)14-33-19(28)10-13-25-21(29)16-8-4-9-17(26(31)32)20(16)22(25)30/h1-4,6-9H,5,10,12-14H2. The third-order valence-electron chi connectivity index (χ3n) is 4.89. The van der Waals surface area contributed by atoms with Crippen LogP contribution >= 0.6 is 0 Å². The summed E-state index contributed by atoms with van der Waals surface area (Å²) in [6.07, 6.45) is -0.309. The fraction of sp³-hybridized carbons (Fsp3) is 0.227. The predicted molar refractivity (Wildman–Crippen MR) is 113 cm³/mol. The molecule has 2 aromatic rings. The van der Waals surface area contributed by atoms with E-state index in [0.29, 0.717) is 5.69 Å². The Balaban J connectivity index is 1.58. The summed E-state index contributed by atoms with van der Waals surface area (Å²) < 4.78 is 4.99. The van der Waals surface area contributed by atoms with E-state index in [2.05, 4.69) is 0 Å². The highest BCUT2D eigenvalue weighted by molar-refractivity contribution is 6.23. The molecule has 33 heavy (non-hydrogen) atoms. The molecule has 1 aliphatic heterocycles. The number of benzene rings is 2. The highest BCUT2D eigenvalue weighted by Gasteiger charge is 2.40. The van der Waals surface area contributed by atoms with Gasteiger partial charge in [0.1, 0.15) is 5.56 Å². The van der Waals surface area contributed by atoms with E-state index in [0.717, 1.165) is 11.0 Å². The maximum atomic E-state index is 12.5. The van der Waals surface area contributed by atoms with Crippen molar-refractivity contribution in [3.05, 3.63) is 69.8 Å². The number of nitriles is 1. The second kappa shape index (κ2) is 10.1. The minimum atomic E-state index is -0.863. The molecule has 3 rings (SSSR count). The quantitative estimate of drug-likeness (QED) is 0.244. The van der Waals surface area contributed by atoms with Gasteiger partial charge in [0, 0.05) is 24.8 Å². The van der Waals surface area contributed by atoms with Crippen molar-refractivity contribution in [2.24, 2.45) is 0 Å². The Bertz CT molecular complexity index is 1160. The van der Waals surface area contributed by atoms with Gasteiger partial charge in [-0.05, 0) is 18.2 Å². The van der Waals surface area contributed by atoms with Crippen LogP contribution < -0.4 is 4.90 Å². The zero-order valence-electron chi connectivity index (χ0n) is 17.3. The number of carbonyl (C=O) groups is 4. The first-order valence-electron chi connectivity index (χ1n) is 9.86. The van der Waals surface area contributed by atoms with Crippen molar-refractivity contribution in [2.75, 3.05) is 24.6 Å². The molecule has 168 valence electrons. The van der Waals surface area contributed by atoms with E-state index >= 15 is 0 Å². The molecule has 1 heterocycles. The van der Waals surface area contributed by atoms with E-state index in [1.165, 1.54) is 17.0 Å². The molecule has 0 unspecified atom stereocenters. The van der Waals surface area contributed by atoms with E-state index < -0.39 is 47.3 Å². The van der Waals surface area contributed by atoms with Crippen molar-refractivity contribution in [1.29, 1.82) is 5.26 Å². The largest absolute Gasteiger partial charge is 0.455 e. The molecule has 0 radical (unpaired) electrons. The number of para-hydroxylation sites is 1. The minimum absolute atomic E-state index is 0.0838. The van der Waals surface area contributed by atoms with Gasteiger partial charge in [-0.2, -0.15) is 5.26 Å². The minimum Gasteiger partial charge on any atom is -0.455 e. The van der Waals surface area contributed by atoms with Gasteiger partial charge < -0.3 is 9.64 Å². The molecule has 1 aliphatic rings. The maximum absolute atomic E-state index is 12.5. The lowest BCUT2D eigenvalue weighted by Gasteiger charge is -2.21. The maximum Gasteiger partial charge on any atom is 0.308 e. The number of carbonyl (C=O) groups excluding carboxylic acids is 4. The van der Waals surface area contributed by atoms with Crippen LogP contribution in [0.25, 0.3) is 0 Å². The number of ether oxygens (including phenoxy) is 1. The lowest BCUT2D eigenvalue weighted by atomic mass is 10.1. The normalized spacial score (nSPS) is 12.2. The number of fused-ring (bicyclic) bond motifs is 1. The van der Waals surface area contributed by atoms with Crippen molar-refractivity contribution in [2.45, 2.75) is 12.8 Å². The summed E-state index contributed by atoms with van der Waals surface area (Å²) in [5, 5.41) is 20.0. The van der Waals surface area contributed by atoms with Gasteiger partial charge in [-0.15, -0.1) is 0 Å². The van der Waals surface area contributed by atoms with Crippen molar-refractivity contribution >= 4 is 35.1 Å². The Morgan fingerprint density at radius 3 is 2.48 bits per heavy atom. The number of rotatable bonds is 9. The van der Waals surface area contributed by atoms with Gasteiger partial charge in [0.15, 0.2) is 6.61 Å². The molecule has 0 atom stereocenters. The van der Waals surface area contributed by atoms with Gasteiger partial charge in [-0.1, -0.05) is 24.3 Å². The van der Waals surface area contributed by atoms with Gasteiger partial charge >= 0.3 is 5.97 Å². The Kier molecular flexibility index (Phi) is 7.10. The van der Waals surface area contributed by atoms with E-state index in [-0.39, 0.29) is 30.6 Å². The van der Waals surface area contributed by atoms with Crippen LogP contribution in [0, 0.1) is 21.4 Å². The monoisotopic (exact) mass is 450 g/mol. The van der Waals surface area contributed by atoms with Crippen molar-refractivity contribution in [3.8, 4) is 6.07 Å². The Morgan fingerprint density at radius 2 is 1.82 bits per heavy atom. The number of esters is 1. The summed E-state index contributed by atoms with van der Waals surface area (Å²) in [5.41, 5.74) is -0.359. The molecule has 11 heteroatoms. The predicted octanol–water partition coefficient (Wildman–Crippen LogP) is 2.07. The molecule has 0 spiro atoms. The van der Waals surface area contributed by atoms with Gasteiger partial charge in [-0.3, -0.25) is 34.2 Å². The average molecular weight is 450 g/mol. The molecule has 0 fully saturated rings. The summed E-state index contributed by atoms with van der Waals surface area (Å²) in [6, 6.07) is 14.3. The molecular formula is C22H18N4O7. The average Bonchev–Trinajstić information content (AvgIpc) is 3.06. The highest BCUT2D eigenvalue weighted by Crippen LogP contribution is 2.30. The number of hydrogen-bond donors (Lipinski definition) is 0. The zero-order chi connectivity index (χ0) is 24.0. The van der Waals surface area contributed by atoms with Crippen LogP contribution in [0.2, 0.25) is 0 Å². The van der Waals surface area contributed by atoms with E-state index in [1.54, 1.807) is 30.3 Å². The number of nitro groups is 1. The van der Waals surface area contributed by atoms with Crippen LogP contribution in [-0.2, 0) is 14.3 Å². The Morgan fingerprint density at radius 1 is 1.09 bits per heavy atom. The first-order valence-corrected chi connectivity index (χ1v) is 9.86. The number of hydrogen-bond acceptors (Lipinski definition) is 8. The van der Waals surface area contributed by atoms with Crippen LogP contribution in [0.1, 0.15) is 33.6 Å². The van der Waals surface area contributed by atoms with Gasteiger partial charge in [0.2, 0.25) is 0 Å². The zero-order valence-corrected chi connectivity index (χ0v) is 17.3. The van der Waals surface area contributed by atoms with Crippen molar-refractivity contribution in [3.63, 3.8) is 0 Å². The third kappa shape index (κ3) is 5.01. The van der Waals surface area contributed by atoms with Crippen LogP contribution in [0.4, 0.5) is 11.4 Å². The second-order valence-electron chi connectivity index (χ2n) is 6.92. The number of amides is 3.